The monoisotopic (exact) mass is 229 g/mol. The summed E-state index contributed by atoms with van der Waals surface area (Å²) in [6.07, 6.45) is 11.1. The van der Waals surface area contributed by atoms with Gasteiger partial charge in [-0.15, -0.1) is 0 Å². The fraction of sp³-hybridized carbons (Fsp3) is 0.625. The van der Waals surface area contributed by atoms with Crippen LogP contribution in [0.2, 0.25) is 0 Å². The van der Waals surface area contributed by atoms with Crippen molar-refractivity contribution in [1.82, 2.24) is 0 Å². The lowest BCUT2D eigenvalue weighted by Crippen LogP contribution is -2.14. The summed E-state index contributed by atoms with van der Waals surface area (Å²) in [5, 5.41) is 3.61. The number of rotatable bonds is 3. The molecule has 0 unspecified atom stereocenters. The van der Waals surface area contributed by atoms with Crippen LogP contribution >= 0.6 is 0 Å². The predicted molar refractivity (Wildman–Crippen MR) is 73.5 cm³/mol. The van der Waals surface area contributed by atoms with Gasteiger partial charge < -0.3 is 5.32 Å². The van der Waals surface area contributed by atoms with E-state index in [9.17, 15) is 0 Å². The Morgan fingerprint density at radius 3 is 2.88 bits per heavy atom. The van der Waals surface area contributed by atoms with Gasteiger partial charge in [-0.05, 0) is 42.7 Å². The highest BCUT2D eigenvalue weighted by Crippen LogP contribution is 2.32. The number of nitrogens with one attached hydrogen (secondary N) is 1. The van der Waals surface area contributed by atoms with Crippen LogP contribution in [0.1, 0.15) is 49.7 Å². The van der Waals surface area contributed by atoms with Gasteiger partial charge in [-0.3, -0.25) is 0 Å². The number of hydrogen-bond acceptors (Lipinski definition) is 1. The van der Waals surface area contributed by atoms with Crippen LogP contribution in [-0.4, -0.2) is 6.54 Å². The second kappa shape index (κ2) is 5.12. The zero-order valence-corrected chi connectivity index (χ0v) is 10.7. The van der Waals surface area contributed by atoms with E-state index in [2.05, 4.69) is 23.5 Å². The maximum Gasteiger partial charge on any atom is 0.0405 e. The minimum Gasteiger partial charge on any atom is -0.385 e. The highest BCUT2D eigenvalue weighted by Gasteiger charge is 2.17. The SMILES string of the molecule is c1cc2c(c(CCC3CCCC3)c1)NCCC2. The van der Waals surface area contributed by atoms with Crippen molar-refractivity contribution in [1.29, 1.82) is 0 Å². The lowest BCUT2D eigenvalue weighted by atomic mass is 9.93. The molecule has 1 aliphatic carbocycles. The van der Waals surface area contributed by atoms with E-state index in [0.29, 0.717) is 0 Å². The first-order chi connectivity index (χ1) is 8.43. The molecule has 0 atom stereocenters. The Balaban J connectivity index is 1.69. The van der Waals surface area contributed by atoms with Gasteiger partial charge in [0, 0.05) is 12.2 Å². The molecule has 1 aromatic carbocycles. The number of aryl methyl sites for hydroxylation is 2. The first kappa shape index (κ1) is 11.1. The van der Waals surface area contributed by atoms with Crippen LogP contribution in [0.4, 0.5) is 5.69 Å². The molecule has 0 radical (unpaired) electrons. The summed E-state index contributed by atoms with van der Waals surface area (Å²) in [4.78, 5) is 0. The van der Waals surface area contributed by atoms with E-state index >= 15 is 0 Å². The van der Waals surface area contributed by atoms with E-state index in [1.54, 1.807) is 11.1 Å². The molecule has 1 fully saturated rings. The Hall–Kier alpha value is -0.980. The molecule has 1 nitrogen and oxygen atoms in total. The minimum atomic E-state index is 1.01. The summed E-state index contributed by atoms with van der Waals surface area (Å²) in [5.74, 6) is 1.01. The Kier molecular flexibility index (Phi) is 3.35. The molecule has 1 aromatic rings. The highest BCUT2D eigenvalue weighted by atomic mass is 14.9. The Labute approximate surface area is 105 Å². The molecule has 1 N–H and O–H groups in total. The average molecular weight is 229 g/mol. The Morgan fingerprint density at radius 2 is 2.00 bits per heavy atom. The maximum absolute atomic E-state index is 3.61. The minimum absolute atomic E-state index is 1.01. The quantitative estimate of drug-likeness (QED) is 0.820. The van der Waals surface area contributed by atoms with Gasteiger partial charge in [-0.25, -0.2) is 0 Å². The van der Waals surface area contributed by atoms with Gasteiger partial charge in [0.15, 0.2) is 0 Å². The van der Waals surface area contributed by atoms with Crippen LogP contribution in [0.3, 0.4) is 0 Å². The Bertz CT molecular complexity index is 377. The molecule has 92 valence electrons. The molecule has 0 aromatic heterocycles. The number of para-hydroxylation sites is 1. The predicted octanol–water partition coefficient (Wildman–Crippen LogP) is 4.17. The summed E-state index contributed by atoms with van der Waals surface area (Å²) < 4.78 is 0. The molecule has 1 heteroatoms. The van der Waals surface area contributed by atoms with Crippen LogP contribution < -0.4 is 5.32 Å². The van der Waals surface area contributed by atoms with Gasteiger partial charge in [0.2, 0.25) is 0 Å². The third-order valence-corrected chi connectivity index (χ3v) is 4.46. The highest BCUT2D eigenvalue weighted by molar-refractivity contribution is 5.59. The lowest BCUT2D eigenvalue weighted by molar-refractivity contribution is 0.504. The molecule has 1 aliphatic heterocycles. The number of hydrogen-bond donors (Lipinski definition) is 1. The molecule has 0 saturated heterocycles. The van der Waals surface area contributed by atoms with Gasteiger partial charge in [0.25, 0.3) is 0 Å². The topological polar surface area (TPSA) is 12.0 Å². The van der Waals surface area contributed by atoms with E-state index in [1.807, 2.05) is 0 Å². The van der Waals surface area contributed by atoms with E-state index in [4.69, 9.17) is 0 Å². The Morgan fingerprint density at radius 1 is 1.12 bits per heavy atom. The first-order valence-corrected chi connectivity index (χ1v) is 7.28. The second-order valence-electron chi connectivity index (χ2n) is 5.67. The van der Waals surface area contributed by atoms with Crippen LogP contribution in [0.15, 0.2) is 18.2 Å². The summed E-state index contributed by atoms with van der Waals surface area (Å²) in [5.41, 5.74) is 4.58. The van der Waals surface area contributed by atoms with Crippen molar-refractivity contribution in [2.45, 2.75) is 51.4 Å². The fourth-order valence-corrected chi connectivity index (χ4v) is 3.45. The van der Waals surface area contributed by atoms with E-state index < -0.39 is 0 Å². The third-order valence-electron chi connectivity index (χ3n) is 4.46. The van der Waals surface area contributed by atoms with E-state index in [-0.39, 0.29) is 0 Å². The number of fused-ring (bicyclic) bond motifs is 1. The molecule has 0 spiro atoms. The summed E-state index contributed by atoms with van der Waals surface area (Å²) in [7, 11) is 0. The molecule has 2 aliphatic rings. The van der Waals surface area contributed by atoms with E-state index in [0.717, 1.165) is 12.5 Å². The number of anilines is 1. The fourth-order valence-electron chi connectivity index (χ4n) is 3.45. The normalized spacial score (nSPS) is 20.0. The van der Waals surface area contributed by atoms with Gasteiger partial charge in [-0.1, -0.05) is 43.9 Å². The molecule has 1 heterocycles. The average Bonchev–Trinajstić information content (AvgIpc) is 2.89. The van der Waals surface area contributed by atoms with Gasteiger partial charge in [0.1, 0.15) is 0 Å². The molecule has 3 rings (SSSR count). The van der Waals surface area contributed by atoms with Crippen molar-refractivity contribution in [3.63, 3.8) is 0 Å². The molecule has 0 bridgehead atoms. The molecular formula is C16H23N. The van der Waals surface area contributed by atoms with Crippen molar-refractivity contribution < 1.29 is 0 Å². The largest absolute Gasteiger partial charge is 0.385 e. The first-order valence-electron chi connectivity index (χ1n) is 7.28. The lowest BCUT2D eigenvalue weighted by Gasteiger charge is -2.21. The maximum atomic E-state index is 3.61. The molecule has 1 saturated carbocycles. The summed E-state index contributed by atoms with van der Waals surface area (Å²) in [6.45, 7) is 1.16. The van der Waals surface area contributed by atoms with Crippen molar-refractivity contribution in [2.75, 3.05) is 11.9 Å². The van der Waals surface area contributed by atoms with Gasteiger partial charge in [-0.2, -0.15) is 0 Å². The van der Waals surface area contributed by atoms with Crippen LogP contribution in [0.5, 0.6) is 0 Å². The number of benzene rings is 1. The van der Waals surface area contributed by atoms with Crippen molar-refractivity contribution >= 4 is 5.69 Å². The molecular weight excluding hydrogens is 206 g/mol. The van der Waals surface area contributed by atoms with Crippen molar-refractivity contribution in [2.24, 2.45) is 5.92 Å². The third kappa shape index (κ3) is 2.48. The molecule has 17 heavy (non-hydrogen) atoms. The zero-order chi connectivity index (χ0) is 11.5. The molecule has 0 amide bonds. The summed E-state index contributed by atoms with van der Waals surface area (Å²) >= 11 is 0. The van der Waals surface area contributed by atoms with E-state index in [1.165, 1.54) is 57.1 Å². The van der Waals surface area contributed by atoms with Crippen LogP contribution in [-0.2, 0) is 12.8 Å². The van der Waals surface area contributed by atoms with Gasteiger partial charge >= 0.3 is 0 Å². The van der Waals surface area contributed by atoms with Crippen LogP contribution in [0.25, 0.3) is 0 Å². The van der Waals surface area contributed by atoms with Crippen molar-refractivity contribution in [3.8, 4) is 0 Å². The van der Waals surface area contributed by atoms with Gasteiger partial charge in [0.05, 0.1) is 0 Å². The standard InChI is InChI=1S/C16H23N/c1-2-6-13(5-1)10-11-15-8-3-7-14-9-4-12-17-16(14)15/h3,7-8,13,17H,1-2,4-6,9-12H2. The second-order valence-corrected chi connectivity index (χ2v) is 5.67. The smallest absolute Gasteiger partial charge is 0.0405 e. The van der Waals surface area contributed by atoms with Crippen molar-refractivity contribution in [3.05, 3.63) is 29.3 Å². The zero-order valence-electron chi connectivity index (χ0n) is 10.7. The summed E-state index contributed by atoms with van der Waals surface area (Å²) in [6, 6.07) is 6.86. The van der Waals surface area contributed by atoms with Crippen LogP contribution in [0, 0.1) is 5.92 Å².